The molecule has 15 heavy (non-hydrogen) atoms. The lowest BCUT2D eigenvalue weighted by Crippen LogP contribution is -1.99. The van der Waals surface area contributed by atoms with Gasteiger partial charge in [-0.3, -0.25) is 0 Å². The first-order chi connectivity index (χ1) is 7.13. The van der Waals surface area contributed by atoms with Crippen LogP contribution in [0.15, 0.2) is 22.8 Å². The lowest BCUT2D eigenvalue weighted by Gasteiger charge is -2.00. The van der Waals surface area contributed by atoms with Crippen LogP contribution in [0.3, 0.4) is 0 Å². The molecule has 0 saturated carbocycles. The van der Waals surface area contributed by atoms with Crippen molar-refractivity contribution in [3.8, 4) is 0 Å². The molecule has 0 aliphatic rings. The van der Waals surface area contributed by atoms with Gasteiger partial charge in [0, 0.05) is 5.39 Å². The van der Waals surface area contributed by atoms with Crippen molar-refractivity contribution in [1.82, 2.24) is 0 Å². The van der Waals surface area contributed by atoms with E-state index in [0.29, 0.717) is 5.56 Å². The predicted octanol–water partition coefficient (Wildman–Crippen LogP) is 2.84. The molecule has 0 bridgehead atoms. The highest BCUT2D eigenvalue weighted by Crippen LogP contribution is 2.25. The largest absolute Gasteiger partial charge is 0.465 e. The molecular weight excluding hydrogens is 192 g/mol. The molecule has 0 spiro atoms. The van der Waals surface area contributed by atoms with Crippen molar-refractivity contribution in [1.29, 1.82) is 0 Å². The highest BCUT2D eigenvalue weighted by atomic mass is 16.5. The summed E-state index contributed by atoms with van der Waals surface area (Å²) in [6.07, 6.45) is 1.44. The van der Waals surface area contributed by atoms with Gasteiger partial charge >= 0.3 is 5.97 Å². The van der Waals surface area contributed by atoms with Crippen molar-refractivity contribution in [3.63, 3.8) is 0 Å². The number of hydrogen-bond donors (Lipinski definition) is 0. The van der Waals surface area contributed by atoms with E-state index in [0.717, 1.165) is 22.1 Å². The zero-order valence-electron chi connectivity index (χ0n) is 8.96. The van der Waals surface area contributed by atoms with E-state index in [4.69, 9.17) is 4.42 Å². The second-order valence-corrected chi connectivity index (χ2v) is 3.57. The van der Waals surface area contributed by atoms with Crippen LogP contribution in [0.2, 0.25) is 0 Å². The minimum atomic E-state index is -0.364. The molecule has 0 saturated heterocycles. The molecule has 0 fully saturated rings. The van der Waals surface area contributed by atoms with Crippen molar-refractivity contribution in [3.05, 3.63) is 35.1 Å². The van der Waals surface area contributed by atoms with E-state index in [1.165, 1.54) is 13.4 Å². The molecule has 0 aliphatic carbocycles. The zero-order chi connectivity index (χ0) is 11.0. The number of rotatable bonds is 1. The number of ether oxygens (including phenoxy) is 1. The van der Waals surface area contributed by atoms with E-state index in [-0.39, 0.29) is 5.97 Å². The van der Waals surface area contributed by atoms with E-state index < -0.39 is 0 Å². The molecule has 0 unspecified atom stereocenters. The van der Waals surface area contributed by atoms with Gasteiger partial charge in [-0.1, -0.05) is 0 Å². The highest BCUT2D eigenvalue weighted by Gasteiger charge is 2.14. The maximum Gasteiger partial charge on any atom is 0.341 e. The first-order valence-corrected chi connectivity index (χ1v) is 4.70. The third-order valence-corrected chi connectivity index (χ3v) is 2.60. The van der Waals surface area contributed by atoms with Gasteiger partial charge in [-0.05, 0) is 37.1 Å². The number of esters is 1. The Morgan fingerprint density at radius 3 is 2.60 bits per heavy atom. The molecule has 0 atom stereocenters. The van der Waals surface area contributed by atoms with Gasteiger partial charge < -0.3 is 9.15 Å². The van der Waals surface area contributed by atoms with Crippen LogP contribution in [-0.2, 0) is 4.74 Å². The van der Waals surface area contributed by atoms with E-state index in [2.05, 4.69) is 4.74 Å². The van der Waals surface area contributed by atoms with Crippen molar-refractivity contribution >= 4 is 16.9 Å². The van der Waals surface area contributed by atoms with Crippen LogP contribution in [0.5, 0.6) is 0 Å². The zero-order valence-corrected chi connectivity index (χ0v) is 8.96. The lowest BCUT2D eigenvalue weighted by molar-refractivity contribution is 0.0602. The Morgan fingerprint density at radius 1 is 1.27 bits per heavy atom. The third-order valence-electron chi connectivity index (χ3n) is 2.60. The smallest absolute Gasteiger partial charge is 0.341 e. The van der Waals surface area contributed by atoms with Gasteiger partial charge in [0.15, 0.2) is 0 Å². The molecule has 0 amide bonds. The molecule has 1 aromatic heterocycles. The number of benzene rings is 1. The van der Waals surface area contributed by atoms with Crippen LogP contribution < -0.4 is 0 Å². The Balaban J connectivity index is 2.69. The van der Waals surface area contributed by atoms with Crippen LogP contribution >= 0.6 is 0 Å². The molecule has 3 heteroatoms. The topological polar surface area (TPSA) is 39.4 Å². The normalized spacial score (nSPS) is 10.6. The predicted molar refractivity (Wildman–Crippen MR) is 57.0 cm³/mol. The van der Waals surface area contributed by atoms with Crippen LogP contribution in [-0.4, -0.2) is 13.1 Å². The summed E-state index contributed by atoms with van der Waals surface area (Å²) in [5.41, 5.74) is 3.48. The molecule has 0 aliphatic heterocycles. The van der Waals surface area contributed by atoms with Gasteiger partial charge in [-0.15, -0.1) is 0 Å². The van der Waals surface area contributed by atoms with Gasteiger partial charge in [-0.25, -0.2) is 4.79 Å². The SMILES string of the molecule is COC(=O)c1coc2cc(C)c(C)cc12. The quantitative estimate of drug-likeness (QED) is 0.670. The van der Waals surface area contributed by atoms with E-state index >= 15 is 0 Å². The lowest BCUT2D eigenvalue weighted by atomic mass is 10.1. The van der Waals surface area contributed by atoms with Crippen molar-refractivity contribution < 1.29 is 13.9 Å². The highest BCUT2D eigenvalue weighted by molar-refractivity contribution is 6.03. The van der Waals surface area contributed by atoms with Crippen LogP contribution in [0.1, 0.15) is 21.5 Å². The number of fused-ring (bicyclic) bond motifs is 1. The third kappa shape index (κ3) is 1.50. The number of furan rings is 1. The fourth-order valence-electron chi connectivity index (χ4n) is 1.55. The van der Waals surface area contributed by atoms with Gasteiger partial charge in [0.2, 0.25) is 0 Å². The van der Waals surface area contributed by atoms with Gasteiger partial charge in [0.25, 0.3) is 0 Å². The van der Waals surface area contributed by atoms with Crippen molar-refractivity contribution in [2.45, 2.75) is 13.8 Å². The Hall–Kier alpha value is -1.77. The number of hydrogen-bond acceptors (Lipinski definition) is 3. The maximum absolute atomic E-state index is 11.4. The van der Waals surface area contributed by atoms with E-state index in [1.807, 2.05) is 26.0 Å². The first-order valence-electron chi connectivity index (χ1n) is 4.70. The van der Waals surface area contributed by atoms with Gasteiger partial charge in [0.1, 0.15) is 17.4 Å². The molecule has 2 rings (SSSR count). The summed E-state index contributed by atoms with van der Waals surface area (Å²) >= 11 is 0. The molecule has 1 heterocycles. The molecule has 3 nitrogen and oxygen atoms in total. The summed E-state index contributed by atoms with van der Waals surface area (Å²) in [4.78, 5) is 11.4. The Labute approximate surface area is 87.6 Å². The molecular formula is C12H12O3. The van der Waals surface area contributed by atoms with Crippen LogP contribution in [0, 0.1) is 13.8 Å². The minimum Gasteiger partial charge on any atom is -0.465 e. The van der Waals surface area contributed by atoms with E-state index in [1.54, 1.807) is 0 Å². The average Bonchev–Trinajstić information content (AvgIpc) is 2.61. The Morgan fingerprint density at radius 2 is 1.93 bits per heavy atom. The summed E-state index contributed by atoms with van der Waals surface area (Å²) in [5.74, 6) is -0.364. The molecule has 2 aromatic rings. The standard InChI is InChI=1S/C12H12O3/c1-7-4-9-10(12(13)14-3)6-15-11(9)5-8(7)2/h4-6H,1-3H3. The number of methoxy groups -OCH3 is 1. The summed E-state index contributed by atoms with van der Waals surface area (Å²) in [7, 11) is 1.36. The van der Waals surface area contributed by atoms with Gasteiger partial charge in [0.05, 0.1) is 7.11 Å². The van der Waals surface area contributed by atoms with Crippen molar-refractivity contribution in [2.24, 2.45) is 0 Å². The number of carbonyl (C=O) groups excluding carboxylic acids is 1. The summed E-state index contributed by atoms with van der Waals surface area (Å²) in [5, 5.41) is 0.810. The molecule has 1 aromatic carbocycles. The monoisotopic (exact) mass is 204 g/mol. The Kier molecular flexibility index (Phi) is 2.23. The fourth-order valence-corrected chi connectivity index (χ4v) is 1.55. The second kappa shape index (κ2) is 3.42. The summed E-state index contributed by atoms with van der Waals surface area (Å²) < 4.78 is 9.98. The van der Waals surface area contributed by atoms with E-state index in [9.17, 15) is 4.79 Å². The Bertz CT molecular complexity index is 523. The number of carbonyl (C=O) groups is 1. The summed E-state index contributed by atoms with van der Waals surface area (Å²) in [6, 6.07) is 3.87. The minimum absolute atomic E-state index is 0.364. The fraction of sp³-hybridized carbons (Fsp3) is 0.250. The van der Waals surface area contributed by atoms with Crippen molar-refractivity contribution in [2.75, 3.05) is 7.11 Å². The first kappa shape index (κ1) is 9.77. The summed E-state index contributed by atoms with van der Waals surface area (Å²) in [6.45, 7) is 4.01. The second-order valence-electron chi connectivity index (χ2n) is 3.57. The molecule has 0 radical (unpaired) electrons. The van der Waals surface area contributed by atoms with Crippen LogP contribution in [0.25, 0.3) is 11.0 Å². The molecule has 0 N–H and O–H groups in total. The average molecular weight is 204 g/mol. The molecule has 78 valence electrons. The van der Waals surface area contributed by atoms with Crippen LogP contribution in [0.4, 0.5) is 0 Å². The van der Waals surface area contributed by atoms with Gasteiger partial charge in [-0.2, -0.15) is 0 Å². The maximum atomic E-state index is 11.4. The number of aryl methyl sites for hydroxylation is 2.